The highest BCUT2D eigenvalue weighted by Gasteiger charge is 2.32. The van der Waals surface area contributed by atoms with Gasteiger partial charge in [-0.2, -0.15) is 0 Å². The van der Waals surface area contributed by atoms with E-state index in [2.05, 4.69) is 21.2 Å². The van der Waals surface area contributed by atoms with Crippen LogP contribution in [0.1, 0.15) is 25.7 Å². The van der Waals surface area contributed by atoms with Gasteiger partial charge in [0.05, 0.1) is 0 Å². The van der Waals surface area contributed by atoms with E-state index in [4.69, 9.17) is 0 Å². The minimum atomic E-state index is 0.823. The molecular formula is C9H16BrN. The minimum Gasteiger partial charge on any atom is -0.316 e. The Kier molecular flexibility index (Phi) is 2.52. The molecule has 0 bridgehead atoms. The molecule has 1 saturated heterocycles. The average molecular weight is 218 g/mol. The molecule has 1 saturated carbocycles. The second-order valence-electron chi connectivity index (χ2n) is 3.86. The first kappa shape index (κ1) is 8.06. The largest absolute Gasteiger partial charge is 0.316 e. The monoisotopic (exact) mass is 217 g/mol. The summed E-state index contributed by atoms with van der Waals surface area (Å²) in [5.41, 5.74) is 0. The molecule has 0 radical (unpaired) electrons. The van der Waals surface area contributed by atoms with Crippen LogP contribution in [-0.2, 0) is 0 Å². The lowest BCUT2D eigenvalue weighted by molar-refractivity contribution is 0.195. The summed E-state index contributed by atoms with van der Waals surface area (Å²) in [4.78, 5) is 0.823. The second-order valence-corrected chi connectivity index (χ2v) is 5.04. The highest BCUT2D eigenvalue weighted by molar-refractivity contribution is 9.09. The van der Waals surface area contributed by atoms with Gasteiger partial charge in [0, 0.05) is 4.83 Å². The average Bonchev–Trinajstić information content (AvgIpc) is 2.06. The summed E-state index contributed by atoms with van der Waals surface area (Å²) >= 11 is 3.80. The van der Waals surface area contributed by atoms with E-state index in [-0.39, 0.29) is 0 Å². The fourth-order valence-corrected chi connectivity index (χ4v) is 3.54. The molecule has 0 spiro atoms. The SMILES string of the molecule is Br[C@H]1CCC[C@H]2CNCC[C@@H]21. The number of fused-ring (bicyclic) bond motifs is 1. The molecule has 1 heterocycles. The van der Waals surface area contributed by atoms with Crippen LogP contribution in [0.5, 0.6) is 0 Å². The number of halogens is 1. The van der Waals surface area contributed by atoms with E-state index in [1.165, 1.54) is 38.8 Å². The Labute approximate surface area is 77.1 Å². The predicted octanol–water partition coefficient (Wildman–Crippen LogP) is 2.16. The van der Waals surface area contributed by atoms with Gasteiger partial charge in [-0.05, 0) is 44.2 Å². The number of rotatable bonds is 0. The van der Waals surface area contributed by atoms with Crippen molar-refractivity contribution in [2.24, 2.45) is 11.8 Å². The highest BCUT2D eigenvalue weighted by atomic mass is 79.9. The van der Waals surface area contributed by atoms with Crippen LogP contribution < -0.4 is 5.32 Å². The molecule has 1 aliphatic carbocycles. The zero-order valence-corrected chi connectivity index (χ0v) is 8.44. The van der Waals surface area contributed by atoms with Gasteiger partial charge >= 0.3 is 0 Å². The van der Waals surface area contributed by atoms with Gasteiger partial charge in [-0.1, -0.05) is 22.4 Å². The maximum absolute atomic E-state index is 3.80. The first-order valence-corrected chi connectivity index (χ1v) is 5.64. The zero-order chi connectivity index (χ0) is 7.68. The van der Waals surface area contributed by atoms with Crippen LogP contribution in [0.25, 0.3) is 0 Å². The van der Waals surface area contributed by atoms with Crippen molar-refractivity contribution >= 4 is 15.9 Å². The summed E-state index contributed by atoms with van der Waals surface area (Å²) < 4.78 is 0. The first-order valence-electron chi connectivity index (χ1n) is 4.72. The summed E-state index contributed by atoms with van der Waals surface area (Å²) in [6.45, 7) is 2.51. The van der Waals surface area contributed by atoms with Crippen molar-refractivity contribution in [1.29, 1.82) is 0 Å². The van der Waals surface area contributed by atoms with Gasteiger partial charge in [-0.3, -0.25) is 0 Å². The van der Waals surface area contributed by atoms with E-state index < -0.39 is 0 Å². The van der Waals surface area contributed by atoms with E-state index in [0.717, 1.165) is 16.7 Å². The van der Waals surface area contributed by atoms with Crippen molar-refractivity contribution in [2.75, 3.05) is 13.1 Å². The molecule has 0 aromatic carbocycles. The van der Waals surface area contributed by atoms with Crippen molar-refractivity contribution in [1.82, 2.24) is 5.32 Å². The molecule has 0 unspecified atom stereocenters. The summed E-state index contributed by atoms with van der Waals surface area (Å²) in [6.07, 6.45) is 5.68. The lowest BCUT2D eigenvalue weighted by Gasteiger charge is -2.39. The summed E-state index contributed by atoms with van der Waals surface area (Å²) in [6, 6.07) is 0. The molecule has 2 heteroatoms. The summed E-state index contributed by atoms with van der Waals surface area (Å²) in [5, 5.41) is 3.48. The number of hydrogen-bond acceptors (Lipinski definition) is 1. The fraction of sp³-hybridized carbons (Fsp3) is 1.00. The minimum absolute atomic E-state index is 0.823. The number of alkyl halides is 1. The quantitative estimate of drug-likeness (QED) is 0.614. The molecule has 2 aliphatic rings. The summed E-state index contributed by atoms with van der Waals surface area (Å²) in [7, 11) is 0. The third kappa shape index (κ3) is 1.62. The van der Waals surface area contributed by atoms with E-state index in [9.17, 15) is 0 Å². The standard InChI is InChI=1S/C9H16BrN/c10-9-3-1-2-7-6-11-5-4-8(7)9/h7-9,11H,1-6H2/t7-,8-,9-/m0/s1. The molecule has 1 nitrogen and oxygen atoms in total. The molecule has 11 heavy (non-hydrogen) atoms. The van der Waals surface area contributed by atoms with Gasteiger partial charge in [0.25, 0.3) is 0 Å². The van der Waals surface area contributed by atoms with E-state index in [1.54, 1.807) is 0 Å². The van der Waals surface area contributed by atoms with E-state index in [1.807, 2.05) is 0 Å². The van der Waals surface area contributed by atoms with Crippen molar-refractivity contribution in [3.63, 3.8) is 0 Å². The Morgan fingerprint density at radius 3 is 2.91 bits per heavy atom. The first-order chi connectivity index (χ1) is 5.38. The summed E-state index contributed by atoms with van der Waals surface area (Å²) in [5.74, 6) is 1.95. The molecule has 0 aromatic rings. The number of hydrogen-bond donors (Lipinski definition) is 1. The van der Waals surface area contributed by atoms with Crippen molar-refractivity contribution in [3.8, 4) is 0 Å². The van der Waals surface area contributed by atoms with E-state index in [0.29, 0.717) is 0 Å². The molecule has 3 atom stereocenters. The number of piperidine rings is 1. The van der Waals surface area contributed by atoms with E-state index >= 15 is 0 Å². The Morgan fingerprint density at radius 2 is 2.09 bits per heavy atom. The van der Waals surface area contributed by atoms with Gasteiger partial charge < -0.3 is 5.32 Å². The highest BCUT2D eigenvalue weighted by Crippen LogP contribution is 2.37. The van der Waals surface area contributed by atoms with Crippen LogP contribution >= 0.6 is 15.9 Å². The van der Waals surface area contributed by atoms with Crippen LogP contribution in [0.3, 0.4) is 0 Å². The smallest absolute Gasteiger partial charge is 0.0177 e. The normalized spacial score (nSPS) is 45.0. The third-order valence-corrected chi connectivity index (χ3v) is 4.32. The molecule has 64 valence electrons. The van der Waals surface area contributed by atoms with Crippen LogP contribution in [0.4, 0.5) is 0 Å². The Bertz CT molecular complexity index is 136. The maximum Gasteiger partial charge on any atom is 0.0177 e. The molecular weight excluding hydrogens is 202 g/mol. The number of nitrogens with one attached hydrogen (secondary N) is 1. The van der Waals surface area contributed by atoms with Crippen LogP contribution in [0.2, 0.25) is 0 Å². The lowest BCUT2D eigenvalue weighted by Crippen LogP contribution is -2.42. The lowest BCUT2D eigenvalue weighted by atomic mass is 9.75. The van der Waals surface area contributed by atoms with Gasteiger partial charge in [-0.25, -0.2) is 0 Å². The van der Waals surface area contributed by atoms with Crippen LogP contribution in [-0.4, -0.2) is 17.9 Å². The van der Waals surface area contributed by atoms with Gasteiger partial charge in [-0.15, -0.1) is 0 Å². The molecule has 1 aliphatic heterocycles. The molecule has 2 fully saturated rings. The molecule has 0 aromatic heterocycles. The fourth-order valence-electron chi connectivity index (χ4n) is 2.52. The Morgan fingerprint density at radius 1 is 1.18 bits per heavy atom. The Hall–Kier alpha value is 0.440. The predicted molar refractivity (Wildman–Crippen MR) is 51.0 cm³/mol. The molecule has 0 amide bonds. The molecule has 1 N–H and O–H groups in total. The van der Waals surface area contributed by atoms with Crippen LogP contribution in [0.15, 0.2) is 0 Å². The second kappa shape index (κ2) is 3.44. The van der Waals surface area contributed by atoms with Gasteiger partial charge in [0.15, 0.2) is 0 Å². The topological polar surface area (TPSA) is 12.0 Å². The van der Waals surface area contributed by atoms with Gasteiger partial charge in [0.1, 0.15) is 0 Å². The van der Waals surface area contributed by atoms with Crippen molar-refractivity contribution in [2.45, 2.75) is 30.5 Å². The van der Waals surface area contributed by atoms with Crippen LogP contribution in [0, 0.1) is 11.8 Å². The zero-order valence-electron chi connectivity index (χ0n) is 6.85. The van der Waals surface area contributed by atoms with Gasteiger partial charge in [0.2, 0.25) is 0 Å². The maximum atomic E-state index is 3.80. The Balaban J connectivity index is 1.99. The third-order valence-electron chi connectivity index (χ3n) is 3.19. The van der Waals surface area contributed by atoms with Crippen molar-refractivity contribution < 1.29 is 0 Å². The molecule has 2 rings (SSSR count). The van der Waals surface area contributed by atoms with Crippen molar-refractivity contribution in [3.05, 3.63) is 0 Å².